The number of rotatable bonds is 5. The normalized spacial score (nSPS) is 13.9. The topological polar surface area (TPSA) is 58.2 Å². The second-order valence-electron chi connectivity index (χ2n) is 6.34. The van der Waals surface area contributed by atoms with Crippen LogP contribution in [0.4, 0.5) is 24.5 Å². The SMILES string of the molecule is O=C(Cc1ccccc1Cl)Nc1ccc(NC(=O)C2CC2)cc1C(F)(F)F. The molecule has 0 unspecified atom stereocenters. The number of halogens is 4. The Balaban J connectivity index is 1.78. The fraction of sp³-hybridized carbons (Fsp3) is 0.263. The molecule has 0 atom stereocenters. The fourth-order valence-corrected chi connectivity index (χ4v) is 2.77. The number of amides is 2. The number of anilines is 2. The van der Waals surface area contributed by atoms with Crippen LogP contribution in [-0.4, -0.2) is 11.8 Å². The van der Waals surface area contributed by atoms with Crippen molar-refractivity contribution in [2.45, 2.75) is 25.4 Å². The van der Waals surface area contributed by atoms with Gasteiger partial charge in [-0.3, -0.25) is 9.59 Å². The Bertz CT molecular complexity index is 879. The van der Waals surface area contributed by atoms with E-state index in [1.807, 2.05) is 0 Å². The Morgan fingerprint density at radius 2 is 1.78 bits per heavy atom. The van der Waals surface area contributed by atoms with Crippen molar-refractivity contribution in [2.24, 2.45) is 5.92 Å². The molecule has 0 saturated heterocycles. The van der Waals surface area contributed by atoms with E-state index in [2.05, 4.69) is 10.6 Å². The molecule has 3 rings (SSSR count). The third kappa shape index (κ3) is 5.01. The van der Waals surface area contributed by atoms with Gasteiger partial charge in [-0.25, -0.2) is 0 Å². The minimum absolute atomic E-state index is 0.0447. The molecule has 0 radical (unpaired) electrons. The predicted octanol–water partition coefficient (Wildman–Crippen LogP) is 4.89. The van der Waals surface area contributed by atoms with E-state index in [0.717, 1.165) is 25.0 Å². The molecule has 142 valence electrons. The van der Waals surface area contributed by atoms with Gasteiger partial charge in [0.1, 0.15) is 0 Å². The predicted molar refractivity (Wildman–Crippen MR) is 96.6 cm³/mol. The lowest BCUT2D eigenvalue weighted by Gasteiger charge is -2.16. The lowest BCUT2D eigenvalue weighted by atomic mass is 10.1. The van der Waals surface area contributed by atoms with Crippen molar-refractivity contribution >= 4 is 34.8 Å². The molecule has 1 aliphatic rings. The minimum atomic E-state index is -4.69. The third-order valence-corrected chi connectivity index (χ3v) is 4.49. The highest BCUT2D eigenvalue weighted by atomic mass is 35.5. The van der Waals surface area contributed by atoms with Crippen molar-refractivity contribution in [2.75, 3.05) is 10.6 Å². The van der Waals surface area contributed by atoms with Crippen LogP contribution in [0, 0.1) is 5.92 Å². The quantitative estimate of drug-likeness (QED) is 0.756. The molecule has 2 N–H and O–H groups in total. The van der Waals surface area contributed by atoms with Crippen molar-refractivity contribution in [1.29, 1.82) is 0 Å². The first-order chi connectivity index (χ1) is 12.7. The number of carbonyl (C=O) groups excluding carboxylic acids is 2. The number of alkyl halides is 3. The van der Waals surface area contributed by atoms with Crippen LogP contribution in [0.15, 0.2) is 42.5 Å². The summed E-state index contributed by atoms with van der Waals surface area (Å²) >= 11 is 5.97. The van der Waals surface area contributed by atoms with Crippen LogP contribution in [0.5, 0.6) is 0 Å². The van der Waals surface area contributed by atoms with Crippen LogP contribution in [0.1, 0.15) is 24.0 Å². The zero-order chi connectivity index (χ0) is 19.6. The molecule has 0 aromatic heterocycles. The minimum Gasteiger partial charge on any atom is -0.326 e. The largest absolute Gasteiger partial charge is 0.418 e. The zero-order valence-electron chi connectivity index (χ0n) is 14.1. The van der Waals surface area contributed by atoms with Crippen molar-refractivity contribution < 1.29 is 22.8 Å². The average Bonchev–Trinajstić information content (AvgIpc) is 3.42. The van der Waals surface area contributed by atoms with E-state index in [-0.39, 0.29) is 29.6 Å². The van der Waals surface area contributed by atoms with Crippen molar-refractivity contribution in [1.82, 2.24) is 0 Å². The summed E-state index contributed by atoms with van der Waals surface area (Å²) < 4.78 is 40.2. The van der Waals surface area contributed by atoms with Crippen molar-refractivity contribution in [3.63, 3.8) is 0 Å². The highest BCUT2D eigenvalue weighted by Gasteiger charge is 2.35. The first-order valence-electron chi connectivity index (χ1n) is 8.29. The highest BCUT2D eigenvalue weighted by Crippen LogP contribution is 2.37. The van der Waals surface area contributed by atoms with E-state index >= 15 is 0 Å². The van der Waals surface area contributed by atoms with Gasteiger partial charge in [-0.05, 0) is 42.7 Å². The molecule has 1 saturated carbocycles. The van der Waals surface area contributed by atoms with E-state index in [1.54, 1.807) is 24.3 Å². The molecule has 1 fully saturated rings. The van der Waals surface area contributed by atoms with E-state index in [4.69, 9.17) is 11.6 Å². The number of benzene rings is 2. The summed E-state index contributed by atoms with van der Waals surface area (Å²) in [6.45, 7) is 0. The van der Waals surface area contributed by atoms with Gasteiger partial charge in [0.2, 0.25) is 11.8 Å². The molecule has 2 aromatic carbocycles. The van der Waals surface area contributed by atoms with Crippen LogP contribution < -0.4 is 10.6 Å². The standard InChI is InChI=1S/C19H16ClF3N2O2/c20-15-4-2-1-3-12(15)9-17(26)25-16-8-7-13(10-14(16)19(21,22)23)24-18(27)11-5-6-11/h1-4,7-8,10-11H,5-6,9H2,(H,24,27)(H,25,26). The highest BCUT2D eigenvalue weighted by molar-refractivity contribution is 6.31. The monoisotopic (exact) mass is 396 g/mol. The van der Waals surface area contributed by atoms with Gasteiger partial charge >= 0.3 is 6.18 Å². The Morgan fingerprint density at radius 3 is 2.41 bits per heavy atom. The van der Waals surface area contributed by atoms with Gasteiger partial charge in [-0.15, -0.1) is 0 Å². The van der Waals surface area contributed by atoms with E-state index in [0.29, 0.717) is 10.6 Å². The molecule has 0 bridgehead atoms. The molecular formula is C19H16ClF3N2O2. The van der Waals surface area contributed by atoms with E-state index in [1.165, 1.54) is 6.07 Å². The Hall–Kier alpha value is -2.54. The van der Waals surface area contributed by atoms with Crippen LogP contribution in [-0.2, 0) is 22.2 Å². The average molecular weight is 397 g/mol. The van der Waals surface area contributed by atoms with Crippen LogP contribution in [0.25, 0.3) is 0 Å². The summed E-state index contributed by atoms with van der Waals surface area (Å²) in [7, 11) is 0. The maximum Gasteiger partial charge on any atom is 0.418 e. The summed E-state index contributed by atoms with van der Waals surface area (Å²) in [5, 5.41) is 5.12. The zero-order valence-corrected chi connectivity index (χ0v) is 14.8. The molecule has 0 spiro atoms. The molecular weight excluding hydrogens is 381 g/mol. The molecule has 2 aromatic rings. The molecule has 27 heavy (non-hydrogen) atoms. The van der Waals surface area contributed by atoms with Crippen LogP contribution >= 0.6 is 11.6 Å². The summed E-state index contributed by atoms with van der Waals surface area (Å²) in [5.74, 6) is -1.05. The maximum atomic E-state index is 13.4. The fourth-order valence-electron chi connectivity index (χ4n) is 2.56. The van der Waals surface area contributed by atoms with Crippen molar-refractivity contribution in [3.8, 4) is 0 Å². The van der Waals surface area contributed by atoms with E-state index < -0.39 is 17.6 Å². The lowest BCUT2D eigenvalue weighted by Crippen LogP contribution is -2.19. The molecule has 4 nitrogen and oxygen atoms in total. The smallest absolute Gasteiger partial charge is 0.326 e. The van der Waals surface area contributed by atoms with Gasteiger partial charge in [-0.1, -0.05) is 29.8 Å². The van der Waals surface area contributed by atoms with Gasteiger partial charge < -0.3 is 10.6 Å². The molecule has 1 aliphatic carbocycles. The van der Waals surface area contributed by atoms with Gasteiger partial charge in [0.15, 0.2) is 0 Å². The molecule has 8 heteroatoms. The summed E-state index contributed by atoms with van der Waals surface area (Å²) in [5.41, 5.74) is -0.838. The van der Waals surface area contributed by atoms with Crippen LogP contribution in [0.2, 0.25) is 5.02 Å². The van der Waals surface area contributed by atoms with Gasteiger partial charge in [0, 0.05) is 16.6 Å². The Labute approximate surface area is 158 Å². The van der Waals surface area contributed by atoms with Gasteiger partial charge in [-0.2, -0.15) is 13.2 Å². The lowest BCUT2D eigenvalue weighted by molar-refractivity contribution is -0.137. The third-order valence-electron chi connectivity index (χ3n) is 4.12. The maximum absolute atomic E-state index is 13.4. The molecule has 0 aliphatic heterocycles. The molecule has 0 heterocycles. The first-order valence-corrected chi connectivity index (χ1v) is 8.67. The van der Waals surface area contributed by atoms with Crippen molar-refractivity contribution in [3.05, 3.63) is 58.6 Å². The number of carbonyl (C=O) groups is 2. The Morgan fingerprint density at radius 1 is 1.07 bits per heavy atom. The van der Waals surface area contributed by atoms with Crippen LogP contribution in [0.3, 0.4) is 0 Å². The summed E-state index contributed by atoms with van der Waals surface area (Å²) in [6, 6.07) is 9.90. The number of hydrogen-bond acceptors (Lipinski definition) is 2. The van der Waals surface area contributed by atoms with E-state index in [9.17, 15) is 22.8 Å². The first kappa shape index (κ1) is 19.2. The Kier molecular flexibility index (Phi) is 5.41. The number of nitrogens with one attached hydrogen (secondary N) is 2. The second-order valence-corrected chi connectivity index (χ2v) is 6.75. The summed E-state index contributed by atoms with van der Waals surface area (Å²) in [6.07, 6.45) is -3.35. The second kappa shape index (κ2) is 7.60. The molecule has 2 amide bonds. The van der Waals surface area contributed by atoms with Gasteiger partial charge in [0.05, 0.1) is 17.7 Å². The number of hydrogen-bond donors (Lipinski definition) is 2. The van der Waals surface area contributed by atoms with Gasteiger partial charge in [0.25, 0.3) is 0 Å². The summed E-state index contributed by atoms with van der Waals surface area (Å²) in [4.78, 5) is 23.9.